The SMILES string of the molecule is CC(C)(C)c1ccc(C(CN)c2ccc(-c3ccccc3)cc2)cc1. The molecule has 0 aliphatic rings. The fourth-order valence-corrected chi connectivity index (χ4v) is 3.22. The van der Waals surface area contributed by atoms with Crippen molar-refractivity contribution in [1.82, 2.24) is 0 Å². The second-order valence-electron chi connectivity index (χ2n) is 7.65. The van der Waals surface area contributed by atoms with Crippen molar-refractivity contribution in [2.24, 2.45) is 5.73 Å². The van der Waals surface area contributed by atoms with E-state index in [0.29, 0.717) is 6.54 Å². The van der Waals surface area contributed by atoms with Crippen LogP contribution in [0.1, 0.15) is 43.4 Å². The Labute approximate surface area is 151 Å². The number of hydrogen-bond donors (Lipinski definition) is 1. The highest BCUT2D eigenvalue weighted by molar-refractivity contribution is 5.63. The third-order valence-corrected chi connectivity index (χ3v) is 4.83. The van der Waals surface area contributed by atoms with Gasteiger partial charge in [0.05, 0.1) is 0 Å². The van der Waals surface area contributed by atoms with Gasteiger partial charge in [-0.3, -0.25) is 0 Å². The monoisotopic (exact) mass is 329 g/mol. The zero-order valence-electron chi connectivity index (χ0n) is 15.4. The van der Waals surface area contributed by atoms with Gasteiger partial charge in [0.2, 0.25) is 0 Å². The van der Waals surface area contributed by atoms with E-state index in [1.54, 1.807) is 0 Å². The first-order chi connectivity index (χ1) is 12.0. The van der Waals surface area contributed by atoms with E-state index in [9.17, 15) is 0 Å². The quantitative estimate of drug-likeness (QED) is 0.649. The van der Waals surface area contributed by atoms with Crippen LogP contribution >= 0.6 is 0 Å². The third-order valence-electron chi connectivity index (χ3n) is 4.83. The topological polar surface area (TPSA) is 26.0 Å². The molecular weight excluding hydrogens is 302 g/mol. The lowest BCUT2D eigenvalue weighted by Crippen LogP contribution is -2.15. The summed E-state index contributed by atoms with van der Waals surface area (Å²) < 4.78 is 0. The first kappa shape index (κ1) is 17.4. The van der Waals surface area contributed by atoms with Gasteiger partial charge in [0.1, 0.15) is 0 Å². The van der Waals surface area contributed by atoms with Crippen LogP contribution in [0.3, 0.4) is 0 Å². The summed E-state index contributed by atoms with van der Waals surface area (Å²) in [6, 6.07) is 28.2. The molecular formula is C24H27N. The van der Waals surface area contributed by atoms with Gasteiger partial charge >= 0.3 is 0 Å². The molecule has 0 bridgehead atoms. The Bertz CT molecular complexity index is 793. The molecule has 0 saturated carbocycles. The van der Waals surface area contributed by atoms with E-state index in [-0.39, 0.29) is 11.3 Å². The number of benzene rings is 3. The zero-order chi connectivity index (χ0) is 17.9. The second kappa shape index (κ2) is 7.25. The summed E-state index contributed by atoms with van der Waals surface area (Å²) in [5.74, 6) is 0.235. The van der Waals surface area contributed by atoms with Crippen LogP contribution in [0.2, 0.25) is 0 Å². The Morgan fingerprint density at radius 1 is 0.680 bits per heavy atom. The first-order valence-electron chi connectivity index (χ1n) is 8.95. The van der Waals surface area contributed by atoms with Crippen LogP contribution < -0.4 is 5.73 Å². The molecule has 0 aromatic heterocycles. The summed E-state index contributed by atoms with van der Waals surface area (Å²) in [4.78, 5) is 0. The Kier molecular flexibility index (Phi) is 5.06. The molecule has 2 N–H and O–H groups in total. The maximum Gasteiger partial charge on any atom is 0.0212 e. The molecule has 0 aliphatic heterocycles. The molecule has 0 heterocycles. The van der Waals surface area contributed by atoms with Crippen LogP contribution in [-0.2, 0) is 5.41 Å². The molecule has 25 heavy (non-hydrogen) atoms. The molecule has 3 aromatic carbocycles. The van der Waals surface area contributed by atoms with Crippen molar-refractivity contribution in [3.63, 3.8) is 0 Å². The molecule has 0 amide bonds. The molecule has 0 spiro atoms. The van der Waals surface area contributed by atoms with Crippen LogP contribution in [0.5, 0.6) is 0 Å². The normalized spacial score (nSPS) is 12.8. The summed E-state index contributed by atoms with van der Waals surface area (Å²) >= 11 is 0. The van der Waals surface area contributed by atoms with Crippen LogP contribution in [0.4, 0.5) is 0 Å². The van der Waals surface area contributed by atoms with Crippen LogP contribution in [0.15, 0.2) is 78.9 Å². The van der Waals surface area contributed by atoms with Crippen LogP contribution in [0, 0.1) is 0 Å². The first-order valence-corrected chi connectivity index (χ1v) is 8.95. The molecule has 0 fully saturated rings. The lowest BCUT2D eigenvalue weighted by molar-refractivity contribution is 0.589. The molecule has 1 atom stereocenters. The fraction of sp³-hybridized carbons (Fsp3) is 0.250. The van der Waals surface area contributed by atoms with Crippen molar-refractivity contribution < 1.29 is 0 Å². The molecule has 1 unspecified atom stereocenters. The van der Waals surface area contributed by atoms with Crippen molar-refractivity contribution >= 4 is 0 Å². The highest BCUT2D eigenvalue weighted by Gasteiger charge is 2.16. The minimum absolute atomic E-state index is 0.175. The second-order valence-corrected chi connectivity index (χ2v) is 7.65. The minimum Gasteiger partial charge on any atom is -0.330 e. The van der Waals surface area contributed by atoms with Gasteiger partial charge in [-0.05, 0) is 33.2 Å². The lowest BCUT2D eigenvalue weighted by atomic mass is 9.84. The van der Waals surface area contributed by atoms with Crippen LogP contribution in [0.25, 0.3) is 11.1 Å². The average Bonchev–Trinajstić information content (AvgIpc) is 2.63. The van der Waals surface area contributed by atoms with Gasteiger partial charge in [-0.2, -0.15) is 0 Å². The summed E-state index contributed by atoms with van der Waals surface area (Å²) in [5.41, 5.74) is 12.7. The Balaban J connectivity index is 1.86. The zero-order valence-corrected chi connectivity index (χ0v) is 15.4. The van der Waals surface area contributed by atoms with E-state index < -0.39 is 0 Å². The van der Waals surface area contributed by atoms with Gasteiger partial charge in [-0.25, -0.2) is 0 Å². The minimum atomic E-state index is 0.175. The van der Waals surface area contributed by atoms with Crippen LogP contribution in [-0.4, -0.2) is 6.54 Å². The van der Waals surface area contributed by atoms with Crippen molar-refractivity contribution in [2.45, 2.75) is 32.1 Å². The largest absolute Gasteiger partial charge is 0.330 e. The van der Waals surface area contributed by atoms with E-state index in [1.807, 2.05) is 6.07 Å². The van der Waals surface area contributed by atoms with Gasteiger partial charge in [0, 0.05) is 12.5 Å². The number of hydrogen-bond acceptors (Lipinski definition) is 1. The Hall–Kier alpha value is -2.38. The molecule has 0 radical (unpaired) electrons. The predicted octanol–water partition coefficient (Wildman–Crippen LogP) is 5.74. The maximum atomic E-state index is 6.11. The molecule has 0 aliphatic carbocycles. The van der Waals surface area contributed by atoms with Gasteiger partial charge in [0.25, 0.3) is 0 Å². The number of nitrogens with two attached hydrogens (primary N) is 1. The Morgan fingerprint density at radius 3 is 1.64 bits per heavy atom. The molecule has 1 heteroatoms. The standard InChI is InChI=1S/C24H27N/c1-24(2,3)22-15-13-21(14-16-22)23(17-25)20-11-9-19(10-12-20)18-7-5-4-6-8-18/h4-16,23H,17,25H2,1-3H3. The van der Waals surface area contributed by atoms with Crippen molar-refractivity contribution in [2.75, 3.05) is 6.54 Å². The Morgan fingerprint density at radius 2 is 1.16 bits per heavy atom. The van der Waals surface area contributed by atoms with E-state index in [1.165, 1.54) is 27.8 Å². The molecule has 3 aromatic rings. The van der Waals surface area contributed by atoms with Gasteiger partial charge in [0.15, 0.2) is 0 Å². The van der Waals surface area contributed by atoms with E-state index in [2.05, 4.69) is 93.6 Å². The highest BCUT2D eigenvalue weighted by Crippen LogP contribution is 2.29. The summed E-state index contributed by atoms with van der Waals surface area (Å²) in [5, 5.41) is 0. The smallest absolute Gasteiger partial charge is 0.0212 e. The average molecular weight is 329 g/mol. The van der Waals surface area contributed by atoms with E-state index in [0.717, 1.165) is 0 Å². The van der Waals surface area contributed by atoms with Gasteiger partial charge in [-0.15, -0.1) is 0 Å². The highest BCUT2D eigenvalue weighted by atomic mass is 14.5. The van der Waals surface area contributed by atoms with Crippen molar-refractivity contribution in [3.8, 4) is 11.1 Å². The summed E-state index contributed by atoms with van der Waals surface area (Å²) in [7, 11) is 0. The summed E-state index contributed by atoms with van der Waals surface area (Å²) in [6.07, 6.45) is 0. The lowest BCUT2D eigenvalue weighted by Gasteiger charge is -2.21. The van der Waals surface area contributed by atoms with E-state index >= 15 is 0 Å². The number of rotatable bonds is 4. The van der Waals surface area contributed by atoms with Gasteiger partial charge < -0.3 is 5.73 Å². The van der Waals surface area contributed by atoms with Crippen molar-refractivity contribution in [1.29, 1.82) is 0 Å². The molecule has 1 nitrogen and oxygen atoms in total. The van der Waals surface area contributed by atoms with Gasteiger partial charge in [-0.1, -0.05) is 99.6 Å². The third kappa shape index (κ3) is 4.00. The molecule has 0 saturated heterocycles. The molecule has 3 rings (SSSR count). The van der Waals surface area contributed by atoms with Crippen molar-refractivity contribution in [3.05, 3.63) is 95.6 Å². The fourth-order valence-electron chi connectivity index (χ4n) is 3.22. The van der Waals surface area contributed by atoms with E-state index in [4.69, 9.17) is 5.73 Å². The molecule has 128 valence electrons. The maximum absolute atomic E-state index is 6.11. The predicted molar refractivity (Wildman–Crippen MR) is 108 cm³/mol. The summed E-state index contributed by atoms with van der Waals surface area (Å²) in [6.45, 7) is 7.33.